The normalized spacial score (nSPS) is 16.1. The number of carbonyl (C=O) groups is 1. The average molecular weight is 304 g/mol. The predicted octanol–water partition coefficient (Wildman–Crippen LogP) is 2.83. The Labute approximate surface area is 121 Å². The van der Waals surface area contributed by atoms with Crippen LogP contribution in [0, 0.1) is 5.92 Å². The zero-order chi connectivity index (χ0) is 13.8. The minimum atomic E-state index is -0.799. The fourth-order valence-corrected chi connectivity index (χ4v) is 2.32. The Morgan fingerprint density at radius 1 is 1.47 bits per heavy atom. The number of aliphatic carboxylic acids is 1. The largest absolute Gasteiger partial charge is 0.491 e. The lowest BCUT2D eigenvalue weighted by Gasteiger charge is -2.14. The van der Waals surface area contributed by atoms with Gasteiger partial charge in [0.2, 0.25) is 0 Å². The molecule has 0 radical (unpaired) electrons. The molecule has 2 N–H and O–H groups in total. The van der Waals surface area contributed by atoms with E-state index in [1.54, 1.807) is 18.2 Å². The molecule has 104 valence electrons. The van der Waals surface area contributed by atoms with Crippen LogP contribution in [0.15, 0.2) is 18.2 Å². The first-order chi connectivity index (χ1) is 9.08. The topological polar surface area (TPSA) is 58.6 Å². The molecule has 2 rings (SSSR count). The van der Waals surface area contributed by atoms with Gasteiger partial charge in [0.1, 0.15) is 18.4 Å². The molecule has 1 atom stereocenters. The minimum absolute atomic E-state index is 0.261. The Balaban J connectivity index is 1.75. The van der Waals surface area contributed by atoms with Gasteiger partial charge in [0.15, 0.2) is 0 Å². The lowest BCUT2D eigenvalue weighted by Crippen LogP contribution is -2.40. The molecular formula is C13H15Cl2NO3. The maximum atomic E-state index is 11.0. The predicted molar refractivity (Wildman–Crippen MR) is 74.1 cm³/mol. The van der Waals surface area contributed by atoms with Gasteiger partial charge in [-0.2, -0.15) is 0 Å². The second-order valence-corrected chi connectivity index (χ2v) is 5.37. The van der Waals surface area contributed by atoms with E-state index in [1.807, 2.05) is 0 Å². The van der Waals surface area contributed by atoms with Crippen molar-refractivity contribution < 1.29 is 14.6 Å². The number of rotatable bonds is 7. The molecule has 0 saturated heterocycles. The van der Waals surface area contributed by atoms with Gasteiger partial charge in [-0.15, -0.1) is 0 Å². The van der Waals surface area contributed by atoms with Crippen LogP contribution < -0.4 is 10.1 Å². The van der Waals surface area contributed by atoms with Gasteiger partial charge in [-0.1, -0.05) is 23.2 Å². The van der Waals surface area contributed by atoms with Gasteiger partial charge in [-0.25, -0.2) is 0 Å². The number of benzene rings is 1. The summed E-state index contributed by atoms with van der Waals surface area (Å²) in [6.07, 6.45) is 1.96. The molecule has 0 aliphatic heterocycles. The van der Waals surface area contributed by atoms with E-state index in [1.165, 1.54) is 0 Å². The highest BCUT2D eigenvalue weighted by atomic mass is 35.5. The number of hydrogen-bond acceptors (Lipinski definition) is 3. The standard InChI is InChI=1S/C13H15Cl2NO3/c14-9-3-4-11(10(15)7-9)19-6-5-16-12(13(17)18)8-1-2-8/h3-4,7-8,12,16H,1-2,5-6H2,(H,17,18). The average Bonchev–Trinajstić information content (AvgIpc) is 3.15. The highest BCUT2D eigenvalue weighted by Gasteiger charge is 2.35. The third-order valence-electron chi connectivity index (χ3n) is 2.98. The van der Waals surface area contributed by atoms with Crippen molar-refractivity contribution in [2.24, 2.45) is 5.92 Å². The molecule has 1 aromatic rings. The SMILES string of the molecule is O=C(O)C(NCCOc1ccc(Cl)cc1Cl)C1CC1. The van der Waals surface area contributed by atoms with Crippen LogP contribution in [0.5, 0.6) is 5.75 Å². The summed E-state index contributed by atoms with van der Waals surface area (Å²) in [5.41, 5.74) is 0. The molecule has 1 fully saturated rings. The molecule has 1 aliphatic carbocycles. The van der Waals surface area contributed by atoms with Crippen LogP contribution in [0.2, 0.25) is 10.0 Å². The quantitative estimate of drug-likeness (QED) is 0.761. The highest BCUT2D eigenvalue weighted by Crippen LogP contribution is 2.32. The van der Waals surface area contributed by atoms with Crippen LogP contribution in [0.3, 0.4) is 0 Å². The lowest BCUT2D eigenvalue weighted by molar-refractivity contribution is -0.140. The molecule has 0 amide bonds. The second-order valence-electron chi connectivity index (χ2n) is 4.53. The van der Waals surface area contributed by atoms with Crippen molar-refractivity contribution in [3.63, 3.8) is 0 Å². The van der Waals surface area contributed by atoms with E-state index in [0.29, 0.717) is 28.9 Å². The summed E-state index contributed by atoms with van der Waals surface area (Å²) in [5, 5.41) is 13.0. The van der Waals surface area contributed by atoms with Gasteiger partial charge >= 0.3 is 5.97 Å². The summed E-state index contributed by atoms with van der Waals surface area (Å²) in [5.74, 6) is 0.00908. The summed E-state index contributed by atoms with van der Waals surface area (Å²) in [6, 6.07) is 4.53. The van der Waals surface area contributed by atoms with Crippen LogP contribution >= 0.6 is 23.2 Å². The summed E-state index contributed by atoms with van der Waals surface area (Å²) < 4.78 is 5.48. The van der Waals surface area contributed by atoms with Crippen LogP contribution in [0.25, 0.3) is 0 Å². The van der Waals surface area contributed by atoms with Gasteiger partial charge in [0, 0.05) is 11.6 Å². The van der Waals surface area contributed by atoms with E-state index in [-0.39, 0.29) is 5.92 Å². The van der Waals surface area contributed by atoms with Gasteiger partial charge < -0.3 is 15.2 Å². The highest BCUT2D eigenvalue weighted by molar-refractivity contribution is 6.35. The lowest BCUT2D eigenvalue weighted by atomic mass is 10.2. The number of nitrogens with one attached hydrogen (secondary N) is 1. The van der Waals surface area contributed by atoms with Gasteiger partial charge in [0.25, 0.3) is 0 Å². The minimum Gasteiger partial charge on any atom is -0.491 e. The zero-order valence-electron chi connectivity index (χ0n) is 10.2. The molecule has 0 aromatic heterocycles. The molecule has 1 aromatic carbocycles. The van der Waals surface area contributed by atoms with Gasteiger partial charge in [0.05, 0.1) is 5.02 Å². The Morgan fingerprint density at radius 2 is 2.21 bits per heavy atom. The fourth-order valence-electron chi connectivity index (χ4n) is 1.85. The Morgan fingerprint density at radius 3 is 2.79 bits per heavy atom. The second kappa shape index (κ2) is 6.46. The maximum absolute atomic E-state index is 11.0. The van der Waals surface area contributed by atoms with E-state index in [2.05, 4.69) is 5.32 Å². The van der Waals surface area contributed by atoms with E-state index in [0.717, 1.165) is 12.8 Å². The van der Waals surface area contributed by atoms with Crippen LogP contribution in [0.4, 0.5) is 0 Å². The summed E-state index contributed by atoms with van der Waals surface area (Å²) in [6.45, 7) is 0.824. The molecule has 0 bridgehead atoms. The van der Waals surface area contributed by atoms with Crippen LogP contribution in [0.1, 0.15) is 12.8 Å². The number of carboxylic acid groups (broad SMARTS) is 1. The van der Waals surface area contributed by atoms with Crippen LogP contribution in [-0.2, 0) is 4.79 Å². The van der Waals surface area contributed by atoms with E-state index < -0.39 is 12.0 Å². The summed E-state index contributed by atoms with van der Waals surface area (Å²) >= 11 is 11.7. The third-order valence-corrected chi connectivity index (χ3v) is 3.51. The summed E-state index contributed by atoms with van der Waals surface area (Å²) in [7, 11) is 0. The first kappa shape index (κ1) is 14.4. The zero-order valence-corrected chi connectivity index (χ0v) is 11.7. The number of ether oxygens (including phenoxy) is 1. The Kier molecular flexibility index (Phi) is 4.91. The van der Waals surface area contributed by atoms with Crippen molar-refractivity contribution in [2.75, 3.05) is 13.2 Å². The first-order valence-corrected chi connectivity index (χ1v) is 6.87. The number of hydrogen-bond donors (Lipinski definition) is 2. The smallest absolute Gasteiger partial charge is 0.320 e. The van der Waals surface area contributed by atoms with Gasteiger partial charge in [-0.05, 0) is 37.0 Å². The van der Waals surface area contributed by atoms with Gasteiger partial charge in [-0.3, -0.25) is 4.79 Å². The van der Waals surface area contributed by atoms with Crippen molar-refractivity contribution in [1.82, 2.24) is 5.32 Å². The number of halogens is 2. The molecular weight excluding hydrogens is 289 g/mol. The molecule has 4 nitrogen and oxygen atoms in total. The first-order valence-electron chi connectivity index (χ1n) is 6.12. The Bertz CT molecular complexity index is 463. The van der Waals surface area contributed by atoms with Crippen molar-refractivity contribution in [3.8, 4) is 5.75 Å². The van der Waals surface area contributed by atoms with Crippen molar-refractivity contribution in [1.29, 1.82) is 0 Å². The fraction of sp³-hybridized carbons (Fsp3) is 0.462. The molecule has 0 spiro atoms. The van der Waals surface area contributed by atoms with Crippen LogP contribution in [-0.4, -0.2) is 30.3 Å². The van der Waals surface area contributed by atoms with E-state index in [4.69, 9.17) is 33.0 Å². The van der Waals surface area contributed by atoms with E-state index >= 15 is 0 Å². The van der Waals surface area contributed by atoms with Crippen molar-refractivity contribution >= 4 is 29.2 Å². The molecule has 6 heteroatoms. The molecule has 0 heterocycles. The van der Waals surface area contributed by atoms with Crippen molar-refractivity contribution in [3.05, 3.63) is 28.2 Å². The monoisotopic (exact) mass is 303 g/mol. The summed E-state index contributed by atoms with van der Waals surface area (Å²) in [4.78, 5) is 11.0. The maximum Gasteiger partial charge on any atom is 0.320 e. The van der Waals surface area contributed by atoms with E-state index in [9.17, 15) is 4.79 Å². The molecule has 1 saturated carbocycles. The molecule has 1 aliphatic rings. The third kappa shape index (κ3) is 4.27. The number of carboxylic acids is 1. The molecule has 19 heavy (non-hydrogen) atoms. The molecule has 1 unspecified atom stereocenters. The Hall–Kier alpha value is -0.970. The van der Waals surface area contributed by atoms with Crippen molar-refractivity contribution in [2.45, 2.75) is 18.9 Å².